The number of aryl methyl sites for hydroxylation is 1. The summed E-state index contributed by atoms with van der Waals surface area (Å²) in [6, 6.07) is 4.46. The first-order valence-electron chi connectivity index (χ1n) is 10.4. The second-order valence-corrected chi connectivity index (χ2v) is 8.36. The molecule has 4 heterocycles. The normalized spacial score (nSPS) is 23.5. The minimum Gasteiger partial charge on any atom is -0.325 e. The SMILES string of the molecule is Cc1ccc(F)cc1N1C=C2N=C(C3CN(Cc4cnccn4)CC3C)NC(=O)N2C1. The van der Waals surface area contributed by atoms with E-state index in [0.717, 1.165) is 36.6 Å². The number of nitrogens with zero attached hydrogens (tertiary/aromatic N) is 6. The van der Waals surface area contributed by atoms with Crippen LogP contribution in [0.4, 0.5) is 14.9 Å². The molecule has 1 aromatic heterocycles. The van der Waals surface area contributed by atoms with Crippen molar-refractivity contribution >= 4 is 17.6 Å². The van der Waals surface area contributed by atoms with E-state index in [9.17, 15) is 9.18 Å². The zero-order valence-corrected chi connectivity index (χ0v) is 17.5. The van der Waals surface area contributed by atoms with Gasteiger partial charge in [0.1, 0.15) is 18.3 Å². The molecule has 2 atom stereocenters. The zero-order chi connectivity index (χ0) is 21.5. The van der Waals surface area contributed by atoms with Gasteiger partial charge in [0.25, 0.3) is 0 Å². The van der Waals surface area contributed by atoms with Crippen molar-refractivity contribution in [3.63, 3.8) is 0 Å². The first-order chi connectivity index (χ1) is 15.0. The molecule has 3 aliphatic rings. The Labute approximate surface area is 180 Å². The molecule has 1 N–H and O–H groups in total. The van der Waals surface area contributed by atoms with Crippen LogP contribution in [0.5, 0.6) is 0 Å². The van der Waals surface area contributed by atoms with Crippen molar-refractivity contribution in [3.05, 3.63) is 65.9 Å². The number of benzene rings is 1. The monoisotopic (exact) mass is 421 g/mol. The zero-order valence-electron chi connectivity index (χ0n) is 17.5. The Morgan fingerprint density at radius 3 is 2.94 bits per heavy atom. The van der Waals surface area contributed by atoms with Crippen molar-refractivity contribution in [2.24, 2.45) is 16.8 Å². The van der Waals surface area contributed by atoms with Gasteiger partial charge in [0.2, 0.25) is 0 Å². The number of amidine groups is 1. The van der Waals surface area contributed by atoms with Gasteiger partial charge in [-0.2, -0.15) is 0 Å². The maximum atomic E-state index is 13.8. The number of aliphatic imine (C=N–C) groups is 1. The van der Waals surface area contributed by atoms with Crippen LogP contribution in [-0.2, 0) is 6.54 Å². The first kappa shape index (κ1) is 19.6. The molecule has 0 bridgehead atoms. The summed E-state index contributed by atoms with van der Waals surface area (Å²) in [5.74, 6) is 1.43. The first-order valence-corrected chi connectivity index (χ1v) is 10.4. The maximum Gasteiger partial charge on any atom is 0.329 e. The van der Waals surface area contributed by atoms with Crippen LogP contribution >= 0.6 is 0 Å². The fourth-order valence-electron chi connectivity index (χ4n) is 4.47. The highest BCUT2D eigenvalue weighted by molar-refractivity contribution is 6.02. The molecule has 2 aromatic rings. The number of anilines is 1. The van der Waals surface area contributed by atoms with Crippen LogP contribution in [0.1, 0.15) is 18.2 Å². The summed E-state index contributed by atoms with van der Waals surface area (Å²) in [7, 11) is 0. The lowest BCUT2D eigenvalue weighted by Gasteiger charge is -2.28. The fourth-order valence-corrected chi connectivity index (χ4v) is 4.47. The Bertz CT molecular complexity index is 1070. The number of nitrogens with one attached hydrogen (secondary N) is 1. The van der Waals surface area contributed by atoms with Crippen LogP contribution in [0.25, 0.3) is 0 Å². The minimum atomic E-state index is -0.305. The molecule has 0 spiro atoms. The summed E-state index contributed by atoms with van der Waals surface area (Å²) in [5.41, 5.74) is 2.60. The second-order valence-electron chi connectivity index (χ2n) is 8.36. The Kier molecular flexibility index (Phi) is 4.90. The Morgan fingerprint density at radius 2 is 2.13 bits per heavy atom. The third-order valence-electron chi connectivity index (χ3n) is 6.08. The van der Waals surface area contributed by atoms with Crippen LogP contribution in [0, 0.1) is 24.6 Å². The number of carbonyl (C=O) groups excluding carboxylic acids is 1. The van der Waals surface area contributed by atoms with Crippen molar-refractivity contribution in [2.45, 2.75) is 20.4 Å². The highest BCUT2D eigenvalue weighted by Gasteiger charge is 2.39. The van der Waals surface area contributed by atoms with Gasteiger partial charge in [0.05, 0.1) is 5.69 Å². The second kappa shape index (κ2) is 7.73. The third kappa shape index (κ3) is 3.76. The third-order valence-corrected chi connectivity index (χ3v) is 6.08. The predicted octanol–water partition coefficient (Wildman–Crippen LogP) is 2.69. The van der Waals surface area contributed by atoms with E-state index in [-0.39, 0.29) is 17.8 Å². The molecular weight excluding hydrogens is 397 g/mol. The summed E-state index contributed by atoms with van der Waals surface area (Å²) in [6.07, 6.45) is 6.96. The Hall–Kier alpha value is -3.33. The van der Waals surface area contributed by atoms with E-state index in [1.54, 1.807) is 29.6 Å². The number of hydrogen-bond donors (Lipinski definition) is 1. The van der Waals surface area contributed by atoms with E-state index in [2.05, 4.69) is 27.1 Å². The van der Waals surface area contributed by atoms with Gasteiger partial charge in [-0.15, -0.1) is 0 Å². The van der Waals surface area contributed by atoms with Crippen molar-refractivity contribution in [1.29, 1.82) is 0 Å². The number of aromatic nitrogens is 2. The van der Waals surface area contributed by atoms with Crippen LogP contribution in [0.3, 0.4) is 0 Å². The number of amides is 2. The molecule has 3 aliphatic heterocycles. The molecule has 9 heteroatoms. The van der Waals surface area contributed by atoms with Crippen molar-refractivity contribution in [3.8, 4) is 0 Å². The molecule has 2 unspecified atom stereocenters. The molecule has 2 amide bonds. The van der Waals surface area contributed by atoms with Gasteiger partial charge in [-0.3, -0.25) is 25.1 Å². The molecule has 31 heavy (non-hydrogen) atoms. The molecule has 0 aliphatic carbocycles. The van der Waals surface area contributed by atoms with Crippen molar-refractivity contribution in [2.75, 3.05) is 24.7 Å². The van der Waals surface area contributed by atoms with Gasteiger partial charge >= 0.3 is 6.03 Å². The predicted molar refractivity (Wildman–Crippen MR) is 114 cm³/mol. The molecule has 8 nitrogen and oxygen atoms in total. The summed E-state index contributed by atoms with van der Waals surface area (Å²) >= 11 is 0. The molecule has 1 saturated heterocycles. The lowest BCUT2D eigenvalue weighted by molar-refractivity contribution is 0.216. The van der Waals surface area contributed by atoms with Gasteiger partial charge in [0.15, 0.2) is 5.82 Å². The molecule has 0 radical (unpaired) electrons. The van der Waals surface area contributed by atoms with Crippen molar-refractivity contribution < 1.29 is 9.18 Å². The van der Waals surface area contributed by atoms with E-state index >= 15 is 0 Å². The smallest absolute Gasteiger partial charge is 0.325 e. The molecule has 1 aromatic carbocycles. The van der Waals surface area contributed by atoms with Crippen LogP contribution in [0.2, 0.25) is 0 Å². The number of rotatable bonds is 4. The van der Waals surface area contributed by atoms with E-state index in [0.29, 0.717) is 24.2 Å². The number of likely N-dealkylation sites (tertiary alicyclic amines) is 1. The van der Waals surface area contributed by atoms with Crippen LogP contribution in [-0.4, -0.2) is 51.4 Å². The van der Waals surface area contributed by atoms with Gasteiger partial charge in [-0.25, -0.2) is 14.2 Å². The number of hydrogen-bond acceptors (Lipinski definition) is 6. The minimum absolute atomic E-state index is 0.119. The lowest BCUT2D eigenvalue weighted by atomic mass is 9.96. The topological polar surface area (TPSA) is 77.0 Å². The number of urea groups is 1. The lowest BCUT2D eigenvalue weighted by Crippen LogP contribution is -2.49. The molecule has 5 rings (SSSR count). The highest BCUT2D eigenvalue weighted by Crippen LogP contribution is 2.31. The maximum absolute atomic E-state index is 13.8. The van der Waals surface area contributed by atoms with Gasteiger partial charge in [-0.1, -0.05) is 13.0 Å². The average molecular weight is 421 g/mol. The van der Waals surface area contributed by atoms with Gasteiger partial charge < -0.3 is 4.90 Å². The summed E-state index contributed by atoms with van der Waals surface area (Å²) in [5, 5.41) is 2.98. The van der Waals surface area contributed by atoms with Crippen LogP contribution < -0.4 is 10.2 Å². The van der Waals surface area contributed by atoms with E-state index in [1.807, 2.05) is 18.0 Å². The quantitative estimate of drug-likeness (QED) is 0.822. The number of carbonyl (C=O) groups is 1. The highest BCUT2D eigenvalue weighted by atomic mass is 19.1. The van der Waals surface area contributed by atoms with Crippen molar-refractivity contribution in [1.82, 2.24) is 25.1 Å². The van der Waals surface area contributed by atoms with E-state index < -0.39 is 0 Å². The molecule has 1 fully saturated rings. The average Bonchev–Trinajstić information content (AvgIpc) is 3.34. The van der Waals surface area contributed by atoms with E-state index in [1.165, 1.54) is 12.1 Å². The summed E-state index contributed by atoms with van der Waals surface area (Å²) in [6.45, 7) is 6.81. The van der Waals surface area contributed by atoms with Gasteiger partial charge in [-0.05, 0) is 30.5 Å². The largest absolute Gasteiger partial charge is 0.329 e. The standard InChI is InChI=1S/C22H24FN7O/c1-14-3-4-16(23)7-19(14)29-12-20-26-21(27-22(31)30(20)13-29)18-11-28(9-15(18)2)10-17-8-24-5-6-25-17/h3-8,12,15,18H,9-11,13H2,1-2H3,(H,26,27,31). The van der Waals surface area contributed by atoms with Gasteiger partial charge in [0, 0.05) is 56.0 Å². The summed E-state index contributed by atoms with van der Waals surface area (Å²) < 4.78 is 13.8. The fraction of sp³-hybridized carbons (Fsp3) is 0.364. The molecule has 160 valence electrons. The van der Waals surface area contributed by atoms with Crippen LogP contribution in [0.15, 0.2) is 53.8 Å². The number of fused-ring (bicyclic) bond motifs is 1. The summed E-state index contributed by atoms with van der Waals surface area (Å²) in [4.78, 5) is 31.8. The van der Waals surface area contributed by atoms with E-state index in [4.69, 9.17) is 4.99 Å². The Morgan fingerprint density at radius 1 is 1.26 bits per heavy atom. The Balaban J connectivity index is 1.36. The molecule has 0 saturated carbocycles. The molecular formula is C22H24FN7O. The number of halogens is 1.